The van der Waals surface area contributed by atoms with Gasteiger partial charge in [-0.15, -0.1) is 0 Å². The monoisotopic (exact) mass is 255 g/mol. The highest BCUT2D eigenvalue weighted by Crippen LogP contribution is 2.18. The highest BCUT2D eigenvalue weighted by Gasteiger charge is 2.26. The van der Waals surface area contributed by atoms with Crippen molar-refractivity contribution < 1.29 is 4.79 Å². The minimum absolute atomic E-state index is 0.123. The summed E-state index contributed by atoms with van der Waals surface area (Å²) in [5, 5.41) is 6.50. The predicted molar refractivity (Wildman–Crippen MR) is 75.5 cm³/mol. The van der Waals surface area contributed by atoms with E-state index in [0.717, 1.165) is 32.5 Å². The molecule has 0 spiro atoms. The van der Waals surface area contributed by atoms with E-state index in [0.29, 0.717) is 6.04 Å². The minimum atomic E-state index is 0.123. The van der Waals surface area contributed by atoms with Gasteiger partial charge in [0.1, 0.15) is 0 Å². The summed E-state index contributed by atoms with van der Waals surface area (Å²) < 4.78 is 0. The molecule has 1 amide bonds. The van der Waals surface area contributed by atoms with Gasteiger partial charge >= 0.3 is 0 Å². The standard InChI is InChI=1S/C14H29N3O/c1-11-8-12(6-7-15-11)13(18)16-9-14(2,3)10-17(4)5/h11-12,15H,6-10H2,1-5H3,(H,16,18)/t11-,12-/m0/s1. The third kappa shape index (κ3) is 5.36. The van der Waals surface area contributed by atoms with E-state index in [1.165, 1.54) is 0 Å². The lowest BCUT2D eigenvalue weighted by Gasteiger charge is -2.31. The molecule has 4 heteroatoms. The van der Waals surface area contributed by atoms with Crippen LogP contribution in [0.1, 0.15) is 33.6 Å². The van der Waals surface area contributed by atoms with E-state index in [4.69, 9.17) is 0 Å². The fourth-order valence-electron chi connectivity index (χ4n) is 2.75. The van der Waals surface area contributed by atoms with Crippen LogP contribution in [0.25, 0.3) is 0 Å². The van der Waals surface area contributed by atoms with Gasteiger partial charge < -0.3 is 15.5 Å². The van der Waals surface area contributed by atoms with Gasteiger partial charge in [-0.3, -0.25) is 4.79 Å². The van der Waals surface area contributed by atoms with E-state index < -0.39 is 0 Å². The van der Waals surface area contributed by atoms with Crippen molar-refractivity contribution in [2.45, 2.75) is 39.7 Å². The quantitative estimate of drug-likeness (QED) is 0.772. The molecule has 0 bridgehead atoms. The second kappa shape index (κ2) is 6.53. The largest absolute Gasteiger partial charge is 0.355 e. The van der Waals surface area contributed by atoms with E-state index in [2.05, 4.69) is 50.4 Å². The molecule has 4 nitrogen and oxygen atoms in total. The number of piperidine rings is 1. The molecule has 2 atom stereocenters. The molecule has 1 rings (SSSR count). The van der Waals surface area contributed by atoms with Gasteiger partial charge in [-0.05, 0) is 45.8 Å². The fourth-order valence-corrected chi connectivity index (χ4v) is 2.75. The summed E-state index contributed by atoms with van der Waals surface area (Å²) in [6.07, 6.45) is 1.92. The van der Waals surface area contributed by atoms with Crippen LogP contribution in [0.2, 0.25) is 0 Å². The minimum Gasteiger partial charge on any atom is -0.355 e. The number of carbonyl (C=O) groups excluding carboxylic acids is 1. The molecule has 0 unspecified atom stereocenters. The van der Waals surface area contributed by atoms with Gasteiger partial charge in [0.25, 0.3) is 0 Å². The molecule has 0 radical (unpaired) electrons. The average Bonchev–Trinajstić information content (AvgIpc) is 2.24. The first-order valence-corrected chi connectivity index (χ1v) is 6.96. The number of carbonyl (C=O) groups is 1. The van der Waals surface area contributed by atoms with Crippen molar-refractivity contribution in [3.05, 3.63) is 0 Å². The van der Waals surface area contributed by atoms with Crippen molar-refractivity contribution in [1.82, 2.24) is 15.5 Å². The number of nitrogens with one attached hydrogen (secondary N) is 2. The molecule has 0 saturated carbocycles. The van der Waals surface area contributed by atoms with Crippen LogP contribution in [-0.2, 0) is 4.79 Å². The van der Waals surface area contributed by atoms with Gasteiger partial charge in [0.15, 0.2) is 0 Å². The SMILES string of the molecule is C[C@H]1C[C@@H](C(=O)NCC(C)(C)CN(C)C)CCN1. The molecule has 0 aromatic carbocycles. The number of hydrogen-bond donors (Lipinski definition) is 2. The van der Waals surface area contributed by atoms with Crippen LogP contribution in [0.4, 0.5) is 0 Å². The molecular formula is C14H29N3O. The first kappa shape index (κ1) is 15.4. The second-order valence-electron chi connectivity index (χ2n) is 6.70. The summed E-state index contributed by atoms with van der Waals surface area (Å²) in [4.78, 5) is 14.3. The molecule has 1 heterocycles. The molecule has 0 aromatic rings. The van der Waals surface area contributed by atoms with Crippen LogP contribution in [0.3, 0.4) is 0 Å². The van der Waals surface area contributed by atoms with E-state index in [1.54, 1.807) is 0 Å². The fraction of sp³-hybridized carbons (Fsp3) is 0.929. The van der Waals surface area contributed by atoms with Gasteiger partial charge in [0.05, 0.1) is 0 Å². The average molecular weight is 255 g/mol. The van der Waals surface area contributed by atoms with E-state index in [1.807, 2.05) is 0 Å². The summed E-state index contributed by atoms with van der Waals surface area (Å²) in [5.41, 5.74) is 0.123. The molecule has 1 aliphatic heterocycles. The molecule has 106 valence electrons. The van der Waals surface area contributed by atoms with Gasteiger partial charge in [0, 0.05) is 25.0 Å². The zero-order valence-corrected chi connectivity index (χ0v) is 12.5. The van der Waals surface area contributed by atoms with Crippen molar-refractivity contribution in [3.8, 4) is 0 Å². The van der Waals surface area contributed by atoms with Crippen LogP contribution in [0, 0.1) is 11.3 Å². The van der Waals surface area contributed by atoms with Crippen LogP contribution >= 0.6 is 0 Å². The predicted octanol–water partition coefficient (Wildman–Crippen LogP) is 1.08. The second-order valence-corrected chi connectivity index (χ2v) is 6.70. The first-order valence-electron chi connectivity index (χ1n) is 6.96. The Morgan fingerprint density at radius 2 is 2.11 bits per heavy atom. The zero-order valence-electron chi connectivity index (χ0n) is 12.5. The smallest absolute Gasteiger partial charge is 0.223 e. The molecule has 0 aliphatic carbocycles. The van der Waals surface area contributed by atoms with Crippen LogP contribution in [0.15, 0.2) is 0 Å². The molecule has 0 aromatic heterocycles. The third-order valence-electron chi connectivity index (χ3n) is 3.48. The Kier molecular flexibility index (Phi) is 5.60. The summed E-state index contributed by atoms with van der Waals surface area (Å²) in [7, 11) is 4.14. The van der Waals surface area contributed by atoms with E-state index in [9.17, 15) is 4.79 Å². The van der Waals surface area contributed by atoms with E-state index >= 15 is 0 Å². The summed E-state index contributed by atoms with van der Waals surface area (Å²) >= 11 is 0. The Labute approximate surface area is 111 Å². The first-order chi connectivity index (χ1) is 8.30. The Bertz CT molecular complexity index is 276. The van der Waals surface area contributed by atoms with Crippen molar-refractivity contribution in [1.29, 1.82) is 0 Å². The molecule has 18 heavy (non-hydrogen) atoms. The molecule has 2 N–H and O–H groups in total. The Hall–Kier alpha value is -0.610. The highest BCUT2D eigenvalue weighted by molar-refractivity contribution is 5.78. The Morgan fingerprint density at radius 1 is 1.44 bits per heavy atom. The molecule has 1 fully saturated rings. The normalized spacial score (nSPS) is 25.2. The van der Waals surface area contributed by atoms with Gasteiger partial charge in [-0.25, -0.2) is 0 Å². The lowest BCUT2D eigenvalue weighted by atomic mass is 9.90. The number of rotatable bonds is 5. The Morgan fingerprint density at radius 3 is 2.67 bits per heavy atom. The van der Waals surface area contributed by atoms with Crippen molar-refractivity contribution in [3.63, 3.8) is 0 Å². The lowest BCUT2D eigenvalue weighted by molar-refractivity contribution is -0.126. The summed E-state index contributed by atoms with van der Waals surface area (Å²) in [5.74, 6) is 0.423. The summed E-state index contributed by atoms with van der Waals surface area (Å²) in [6, 6.07) is 0.462. The van der Waals surface area contributed by atoms with Gasteiger partial charge in [-0.1, -0.05) is 13.8 Å². The maximum atomic E-state index is 12.1. The summed E-state index contributed by atoms with van der Waals surface area (Å²) in [6.45, 7) is 9.23. The number of nitrogens with zero attached hydrogens (tertiary/aromatic N) is 1. The number of hydrogen-bond acceptors (Lipinski definition) is 3. The number of amides is 1. The Balaban J connectivity index is 2.36. The molecule has 1 saturated heterocycles. The maximum Gasteiger partial charge on any atom is 0.223 e. The lowest BCUT2D eigenvalue weighted by Crippen LogP contribution is -2.45. The van der Waals surface area contributed by atoms with Crippen molar-refractivity contribution >= 4 is 5.91 Å². The van der Waals surface area contributed by atoms with E-state index in [-0.39, 0.29) is 17.2 Å². The topological polar surface area (TPSA) is 44.4 Å². The van der Waals surface area contributed by atoms with Crippen LogP contribution in [0.5, 0.6) is 0 Å². The zero-order chi connectivity index (χ0) is 13.8. The molecule has 1 aliphatic rings. The molecular weight excluding hydrogens is 226 g/mol. The van der Waals surface area contributed by atoms with Gasteiger partial charge in [0.2, 0.25) is 5.91 Å². The maximum absolute atomic E-state index is 12.1. The van der Waals surface area contributed by atoms with Gasteiger partial charge in [-0.2, -0.15) is 0 Å². The van der Waals surface area contributed by atoms with Crippen LogP contribution in [-0.4, -0.2) is 50.6 Å². The van der Waals surface area contributed by atoms with Crippen LogP contribution < -0.4 is 10.6 Å². The van der Waals surface area contributed by atoms with Crippen molar-refractivity contribution in [2.75, 3.05) is 33.7 Å². The highest BCUT2D eigenvalue weighted by atomic mass is 16.1. The van der Waals surface area contributed by atoms with Crippen molar-refractivity contribution in [2.24, 2.45) is 11.3 Å². The third-order valence-corrected chi connectivity index (χ3v) is 3.48.